The summed E-state index contributed by atoms with van der Waals surface area (Å²) in [6.45, 7) is 9.60. The lowest BCUT2D eigenvalue weighted by Gasteiger charge is -2.19. The Morgan fingerprint density at radius 1 is 0.195 bits per heavy atom. The van der Waals surface area contributed by atoms with Crippen LogP contribution in [0, 0.1) is 0 Å². The molecule has 0 N–H and O–H groups in total. The quantitative estimate of drug-likeness (QED) is 0.0774. The van der Waals surface area contributed by atoms with Crippen LogP contribution < -0.4 is 0 Å². The maximum atomic E-state index is 12.7. The standard InChI is InChI=1S/C18H10O5S.C16H14O5S.C14H8O5S.C13H8O5S.C12H12O5S.C9H6O5S/c19-17-15-9-11-6-7-14(8-12(11)10-16(15)18(20)23-17)24(21,22)13-4-2-1-3-5-13;1-16(2,3)22(19,20)11-5-4-9-7-12-13(8-10(9)6-11)15(18)21-14(12)17;15-13-11-7-6-10(8-12(11)14(16)19-13)20(17,18)9-4-2-1-3-5-9;1-19(16,17)9-3-2-7-5-10-11(6-8(7)4-9)13(15)18-12(10)14;1-12(2,3)18(15,16)7-4-5-8-9(6-7)11(14)17-10(8)13;1-15(12,13)5-2-3-6-7(4-5)9(11)14-8(6)10/h1-10H;4-8H,1-3H3;1-8H;2-6H,1H3;4-6H,1-3H3;2-4H,1H3. The topological polar surface area (TPSA) is 465 Å². The first kappa shape index (κ1) is 84.1. The van der Waals surface area contributed by atoms with E-state index in [0.29, 0.717) is 32.3 Å². The highest BCUT2D eigenvalue weighted by Gasteiger charge is 2.39. The summed E-state index contributed by atoms with van der Waals surface area (Å²) < 4.78 is 170. The van der Waals surface area contributed by atoms with Crippen molar-refractivity contribution >= 4 is 163 Å². The van der Waals surface area contributed by atoms with Crippen LogP contribution in [0.3, 0.4) is 0 Å². The van der Waals surface area contributed by atoms with Gasteiger partial charge in [-0.2, -0.15) is 0 Å². The van der Waals surface area contributed by atoms with Crippen LogP contribution in [0.1, 0.15) is 166 Å². The van der Waals surface area contributed by atoms with E-state index in [4.69, 9.17) is 0 Å². The van der Waals surface area contributed by atoms with Gasteiger partial charge in [-0.15, -0.1) is 0 Å². The molecule has 0 bridgehead atoms. The zero-order valence-electron chi connectivity index (χ0n) is 62.3. The Kier molecular flexibility index (Phi) is 21.9. The van der Waals surface area contributed by atoms with Crippen molar-refractivity contribution in [2.75, 3.05) is 12.5 Å². The summed E-state index contributed by atoms with van der Waals surface area (Å²) in [7, 11) is -21.1. The van der Waals surface area contributed by atoms with Gasteiger partial charge in [0, 0.05) is 12.5 Å². The Morgan fingerprint density at radius 3 is 0.695 bits per heavy atom. The molecule has 0 spiro atoms. The third-order valence-corrected chi connectivity index (χ3v) is 29.1. The van der Waals surface area contributed by atoms with Crippen molar-refractivity contribution < 1.29 is 136 Å². The molecule has 6 aliphatic heterocycles. The van der Waals surface area contributed by atoms with Crippen molar-refractivity contribution in [1.82, 2.24) is 0 Å². The van der Waals surface area contributed by atoms with Gasteiger partial charge in [0.25, 0.3) is 0 Å². The second-order valence-corrected chi connectivity index (χ2v) is 41.7. The monoisotopic (exact) mass is 1710 g/mol. The Hall–Kier alpha value is -13.3. The molecule has 118 heavy (non-hydrogen) atoms. The molecule has 0 amide bonds. The summed E-state index contributed by atoms with van der Waals surface area (Å²) in [6, 6.07) is 50.1. The third-order valence-electron chi connectivity index (χ3n) is 18.4. The third kappa shape index (κ3) is 16.4. The second-order valence-electron chi connectivity index (χ2n) is 28.3. The lowest BCUT2D eigenvalue weighted by atomic mass is 10.0. The minimum Gasteiger partial charge on any atom is -0.386 e. The van der Waals surface area contributed by atoms with E-state index in [9.17, 15) is 108 Å². The van der Waals surface area contributed by atoms with Gasteiger partial charge in [-0.1, -0.05) is 54.6 Å². The number of carbonyl (C=O) groups excluding carboxylic acids is 12. The Labute approximate surface area is 670 Å². The van der Waals surface area contributed by atoms with Gasteiger partial charge < -0.3 is 28.4 Å². The second kappa shape index (κ2) is 30.7. The van der Waals surface area contributed by atoms with E-state index in [1.54, 1.807) is 102 Å². The Morgan fingerprint density at radius 2 is 0.390 bits per heavy atom. The van der Waals surface area contributed by atoms with Gasteiger partial charge >= 0.3 is 71.6 Å². The predicted octanol–water partition coefficient (Wildman–Crippen LogP) is 11.1. The van der Waals surface area contributed by atoms with Gasteiger partial charge in [0.1, 0.15) is 0 Å². The van der Waals surface area contributed by atoms with Gasteiger partial charge in [0.2, 0.25) is 19.7 Å². The van der Waals surface area contributed by atoms with Gasteiger partial charge in [-0.05, 0) is 226 Å². The molecule has 17 rings (SSSR count). The van der Waals surface area contributed by atoms with Crippen molar-refractivity contribution in [3.63, 3.8) is 0 Å². The Balaban J connectivity index is 0.000000131. The number of rotatable bonds is 8. The number of ether oxygens (including phenoxy) is 6. The van der Waals surface area contributed by atoms with Gasteiger partial charge in [-0.25, -0.2) is 108 Å². The molecule has 6 heterocycles. The van der Waals surface area contributed by atoms with Crippen LogP contribution in [0.4, 0.5) is 0 Å². The molecule has 30 nitrogen and oxygen atoms in total. The summed E-state index contributed by atoms with van der Waals surface area (Å²) in [5, 5.41) is 3.73. The van der Waals surface area contributed by atoms with Crippen LogP contribution in [0.15, 0.2) is 245 Å². The minimum atomic E-state index is -3.72. The number of benzene rings is 11. The lowest BCUT2D eigenvalue weighted by molar-refractivity contribution is 0.0425. The molecule has 0 saturated heterocycles. The SMILES string of the molecule is CC(C)(C)S(=O)(=O)c1ccc2c(c1)C(=O)OC2=O.CC(C)(C)S(=O)(=O)c1ccc2cc3c(cc2c1)C(=O)OC3=O.CS(=O)(=O)c1ccc2c(c1)C(=O)OC2=O.CS(=O)(=O)c1ccc2cc3c(cc2c1)C(=O)OC3=O.O=C1OC(=O)c2cc(S(=O)(=O)c3ccccc3)ccc21.O=C1OC(=O)c2cc3cc(S(=O)(=O)c4ccccc4)ccc3cc21. The summed E-state index contributed by atoms with van der Waals surface area (Å²) in [5.74, 6) is -8.82. The molecular weight excluding hydrogens is 1660 g/mol. The first-order chi connectivity index (χ1) is 55.0. The van der Waals surface area contributed by atoms with Crippen molar-refractivity contribution in [3.05, 3.63) is 273 Å². The van der Waals surface area contributed by atoms with Crippen LogP contribution in [-0.2, 0) is 87.4 Å². The Bertz CT molecular complexity index is 7120. The maximum Gasteiger partial charge on any atom is 0.346 e. The fourth-order valence-corrected chi connectivity index (χ4v) is 18.3. The molecule has 0 atom stereocenters. The van der Waals surface area contributed by atoms with E-state index in [1.807, 2.05) is 0 Å². The molecule has 6 aliphatic rings. The smallest absolute Gasteiger partial charge is 0.346 e. The largest absolute Gasteiger partial charge is 0.386 e. The molecule has 0 unspecified atom stereocenters. The molecule has 602 valence electrons. The summed E-state index contributed by atoms with van der Waals surface area (Å²) >= 11 is 0. The fourth-order valence-electron chi connectivity index (χ4n) is 11.9. The molecule has 0 fully saturated rings. The summed E-state index contributed by atoms with van der Waals surface area (Å²) in [4.78, 5) is 138. The highest BCUT2D eigenvalue weighted by Crippen LogP contribution is 2.36. The summed E-state index contributed by atoms with van der Waals surface area (Å²) in [5.41, 5.74) is 1.40. The van der Waals surface area contributed by atoms with Crippen LogP contribution in [0.2, 0.25) is 0 Å². The number of hydrogen-bond acceptors (Lipinski definition) is 30. The van der Waals surface area contributed by atoms with Crippen molar-refractivity contribution in [2.45, 2.75) is 90.2 Å². The van der Waals surface area contributed by atoms with Gasteiger partial charge in [-0.3, -0.25) is 0 Å². The molecule has 0 aromatic heterocycles. The molecule has 0 aliphatic carbocycles. The van der Waals surface area contributed by atoms with Crippen molar-refractivity contribution in [2.24, 2.45) is 0 Å². The van der Waals surface area contributed by atoms with E-state index < -0.39 is 140 Å². The number of fused-ring (bicyclic) bond motifs is 9. The molecule has 0 radical (unpaired) electrons. The zero-order chi connectivity index (χ0) is 86.2. The van der Waals surface area contributed by atoms with Gasteiger partial charge in [0.05, 0.1) is 115 Å². The van der Waals surface area contributed by atoms with Crippen LogP contribution in [0.25, 0.3) is 32.3 Å². The minimum absolute atomic E-state index is 0.00271. The molecular formula is C82H58O30S6. The first-order valence-corrected chi connectivity index (χ1v) is 43.9. The number of esters is 12. The molecule has 11 aromatic carbocycles. The predicted molar refractivity (Wildman–Crippen MR) is 414 cm³/mol. The van der Waals surface area contributed by atoms with Gasteiger partial charge in [0.15, 0.2) is 39.3 Å². The van der Waals surface area contributed by atoms with Crippen molar-refractivity contribution in [1.29, 1.82) is 0 Å². The fraction of sp³-hybridized carbons (Fsp3) is 0.122. The van der Waals surface area contributed by atoms with E-state index in [0.717, 1.165) is 18.6 Å². The average Bonchev–Trinajstić information content (AvgIpc) is 1.53. The number of carbonyl (C=O) groups is 12. The highest BCUT2D eigenvalue weighted by molar-refractivity contribution is 7.93. The van der Waals surface area contributed by atoms with E-state index >= 15 is 0 Å². The van der Waals surface area contributed by atoms with Crippen LogP contribution in [-0.4, -0.2) is 144 Å². The average molecular weight is 1720 g/mol. The number of cyclic esters (lactones) is 12. The van der Waals surface area contributed by atoms with Crippen LogP contribution >= 0.6 is 0 Å². The van der Waals surface area contributed by atoms with Crippen LogP contribution in [0.5, 0.6) is 0 Å². The number of sulfone groups is 6. The normalized spacial score (nSPS) is 14.6. The molecule has 36 heteroatoms. The highest BCUT2D eigenvalue weighted by atomic mass is 32.2. The first-order valence-electron chi connectivity index (χ1n) is 34.2. The molecule has 11 aromatic rings. The van der Waals surface area contributed by atoms with E-state index in [-0.39, 0.29) is 106 Å². The number of hydrogen-bond donors (Lipinski definition) is 0. The maximum absolute atomic E-state index is 12.7. The van der Waals surface area contributed by atoms with E-state index in [2.05, 4.69) is 28.4 Å². The van der Waals surface area contributed by atoms with Crippen molar-refractivity contribution in [3.8, 4) is 0 Å². The summed E-state index contributed by atoms with van der Waals surface area (Å²) in [6.07, 6.45) is 2.14. The lowest BCUT2D eigenvalue weighted by Crippen LogP contribution is -2.28. The zero-order valence-corrected chi connectivity index (χ0v) is 67.2. The molecule has 0 saturated carbocycles. The van der Waals surface area contributed by atoms with E-state index in [1.165, 1.54) is 140 Å².